The van der Waals surface area contributed by atoms with Crippen molar-refractivity contribution in [3.05, 3.63) is 58.6 Å². The molecule has 0 unspecified atom stereocenters. The van der Waals surface area contributed by atoms with Crippen molar-refractivity contribution >= 4 is 17.4 Å². The topological polar surface area (TPSA) is 17.1 Å². The third-order valence-electron chi connectivity index (χ3n) is 3.22. The molecule has 1 aliphatic carbocycles. The van der Waals surface area contributed by atoms with E-state index in [-0.39, 0.29) is 5.78 Å². The predicted molar refractivity (Wildman–Crippen MR) is 69.5 cm³/mol. The number of ketones is 1. The molecule has 0 bridgehead atoms. The molecule has 0 radical (unpaired) electrons. The zero-order valence-electron chi connectivity index (χ0n) is 9.24. The number of carbonyl (C=O) groups excluding carboxylic acids is 1. The van der Waals surface area contributed by atoms with Gasteiger partial charge in [0.1, 0.15) is 0 Å². The van der Waals surface area contributed by atoms with Crippen molar-refractivity contribution in [3.8, 4) is 11.1 Å². The first-order valence-corrected chi connectivity index (χ1v) is 6.04. The number of rotatable bonds is 1. The Hall–Kier alpha value is -1.60. The van der Waals surface area contributed by atoms with Crippen LogP contribution in [-0.2, 0) is 6.42 Å². The van der Waals surface area contributed by atoms with E-state index in [1.54, 1.807) is 0 Å². The molecule has 0 N–H and O–H groups in total. The van der Waals surface area contributed by atoms with Crippen molar-refractivity contribution in [3.63, 3.8) is 0 Å². The maximum Gasteiger partial charge on any atom is 0.163 e. The number of halogens is 1. The van der Waals surface area contributed by atoms with E-state index in [4.69, 9.17) is 11.6 Å². The van der Waals surface area contributed by atoms with Crippen molar-refractivity contribution in [1.82, 2.24) is 0 Å². The Balaban J connectivity index is 2.15. The fourth-order valence-electron chi connectivity index (χ4n) is 2.30. The van der Waals surface area contributed by atoms with Crippen LogP contribution in [0.5, 0.6) is 0 Å². The molecule has 0 amide bonds. The van der Waals surface area contributed by atoms with Gasteiger partial charge in [0, 0.05) is 22.6 Å². The summed E-state index contributed by atoms with van der Waals surface area (Å²) < 4.78 is 0. The standard InChI is InChI=1S/C15H11ClO/c16-14-4-2-1-3-12(14)11-6-5-10-7-8-15(17)13(10)9-11/h1-6,9H,7-8H2. The molecule has 0 aromatic heterocycles. The highest BCUT2D eigenvalue weighted by Crippen LogP contribution is 2.31. The van der Waals surface area contributed by atoms with Crippen LogP contribution in [-0.4, -0.2) is 5.78 Å². The summed E-state index contributed by atoms with van der Waals surface area (Å²) in [5.41, 5.74) is 4.02. The number of hydrogen-bond acceptors (Lipinski definition) is 1. The Morgan fingerprint density at radius 1 is 0.941 bits per heavy atom. The van der Waals surface area contributed by atoms with Gasteiger partial charge in [0.2, 0.25) is 0 Å². The van der Waals surface area contributed by atoms with Gasteiger partial charge in [0.05, 0.1) is 0 Å². The molecule has 17 heavy (non-hydrogen) atoms. The van der Waals surface area contributed by atoms with Gasteiger partial charge in [-0.3, -0.25) is 4.79 Å². The van der Waals surface area contributed by atoms with Gasteiger partial charge in [-0.05, 0) is 29.7 Å². The van der Waals surface area contributed by atoms with E-state index in [9.17, 15) is 4.79 Å². The smallest absolute Gasteiger partial charge is 0.163 e. The number of Topliss-reactive ketones (excluding diaryl/α,β-unsaturated/α-hetero) is 1. The first kappa shape index (κ1) is 10.5. The van der Waals surface area contributed by atoms with E-state index < -0.39 is 0 Å². The van der Waals surface area contributed by atoms with Gasteiger partial charge in [-0.1, -0.05) is 41.9 Å². The molecule has 0 atom stereocenters. The monoisotopic (exact) mass is 242 g/mol. The lowest BCUT2D eigenvalue weighted by Crippen LogP contribution is -1.91. The van der Waals surface area contributed by atoms with Crippen molar-refractivity contribution < 1.29 is 4.79 Å². The summed E-state index contributed by atoms with van der Waals surface area (Å²) in [5.74, 6) is 0.244. The molecule has 2 aromatic rings. The van der Waals surface area contributed by atoms with Gasteiger partial charge < -0.3 is 0 Å². The second kappa shape index (κ2) is 4.01. The second-order valence-corrected chi connectivity index (χ2v) is 4.68. The molecule has 0 aliphatic heterocycles. The van der Waals surface area contributed by atoms with Crippen LogP contribution in [0, 0.1) is 0 Å². The summed E-state index contributed by atoms with van der Waals surface area (Å²) in [6.07, 6.45) is 1.51. The minimum atomic E-state index is 0.244. The highest BCUT2D eigenvalue weighted by Gasteiger charge is 2.19. The van der Waals surface area contributed by atoms with E-state index in [1.807, 2.05) is 42.5 Å². The molecular weight excluding hydrogens is 232 g/mol. The Morgan fingerprint density at radius 2 is 1.76 bits per heavy atom. The van der Waals surface area contributed by atoms with Gasteiger partial charge in [0.25, 0.3) is 0 Å². The summed E-state index contributed by atoms with van der Waals surface area (Å²) in [5, 5.41) is 0.720. The molecule has 0 saturated heterocycles. The molecule has 0 heterocycles. The lowest BCUT2D eigenvalue weighted by molar-refractivity contribution is 0.0994. The van der Waals surface area contributed by atoms with Gasteiger partial charge in [-0.15, -0.1) is 0 Å². The zero-order chi connectivity index (χ0) is 11.8. The van der Waals surface area contributed by atoms with Crippen molar-refractivity contribution in [2.45, 2.75) is 12.8 Å². The largest absolute Gasteiger partial charge is 0.294 e. The first-order chi connectivity index (χ1) is 8.25. The molecule has 2 aromatic carbocycles. The minimum absolute atomic E-state index is 0.244. The quantitative estimate of drug-likeness (QED) is 0.735. The van der Waals surface area contributed by atoms with Crippen LogP contribution in [0.15, 0.2) is 42.5 Å². The molecule has 84 valence electrons. The fraction of sp³-hybridized carbons (Fsp3) is 0.133. The maximum atomic E-state index is 11.7. The van der Waals surface area contributed by atoms with Gasteiger partial charge in [0.15, 0.2) is 5.78 Å². The molecule has 1 nitrogen and oxygen atoms in total. The van der Waals surface area contributed by atoms with E-state index in [1.165, 1.54) is 0 Å². The number of hydrogen-bond donors (Lipinski definition) is 0. The minimum Gasteiger partial charge on any atom is -0.294 e. The normalized spacial score (nSPS) is 13.8. The molecule has 0 saturated carbocycles. The van der Waals surface area contributed by atoms with Gasteiger partial charge in [-0.25, -0.2) is 0 Å². The Morgan fingerprint density at radius 3 is 2.59 bits per heavy atom. The van der Waals surface area contributed by atoms with E-state index in [0.717, 1.165) is 33.7 Å². The highest BCUT2D eigenvalue weighted by molar-refractivity contribution is 6.33. The van der Waals surface area contributed by atoms with Crippen molar-refractivity contribution in [2.75, 3.05) is 0 Å². The Kier molecular flexibility index (Phi) is 2.49. The van der Waals surface area contributed by atoms with Crippen LogP contribution in [0.2, 0.25) is 5.02 Å². The SMILES string of the molecule is O=C1CCc2ccc(-c3ccccc3Cl)cc21. The zero-order valence-corrected chi connectivity index (χ0v) is 10.00. The summed E-state index contributed by atoms with van der Waals surface area (Å²) in [6.45, 7) is 0. The highest BCUT2D eigenvalue weighted by atomic mass is 35.5. The van der Waals surface area contributed by atoms with Crippen LogP contribution in [0.25, 0.3) is 11.1 Å². The lowest BCUT2D eigenvalue weighted by atomic mass is 10.0. The van der Waals surface area contributed by atoms with E-state index >= 15 is 0 Å². The number of carbonyl (C=O) groups is 1. The molecule has 1 aliphatic rings. The van der Waals surface area contributed by atoms with Gasteiger partial charge in [-0.2, -0.15) is 0 Å². The average molecular weight is 243 g/mol. The number of benzene rings is 2. The molecule has 3 rings (SSSR count). The third-order valence-corrected chi connectivity index (χ3v) is 3.55. The number of aryl methyl sites for hydroxylation is 1. The molecular formula is C15H11ClO. The Bertz CT molecular complexity index is 602. The Labute approximate surface area is 105 Å². The lowest BCUT2D eigenvalue weighted by Gasteiger charge is -2.06. The molecule has 2 heteroatoms. The van der Waals surface area contributed by atoms with Crippen LogP contribution in [0.3, 0.4) is 0 Å². The summed E-state index contributed by atoms with van der Waals surface area (Å²) in [7, 11) is 0. The van der Waals surface area contributed by atoms with Crippen molar-refractivity contribution in [1.29, 1.82) is 0 Å². The van der Waals surface area contributed by atoms with Crippen LogP contribution < -0.4 is 0 Å². The maximum absolute atomic E-state index is 11.7. The summed E-state index contributed by atoms with van der Waals surface area (Å²) >= 11 is 6.16. The van der Waals surface area contributed by atoms with Crippen LogP contribution in [0.4, 0.5) is 0 Å². The van der Waals surface area contributed by atoms with E-state index in [2.05, 4.69) is 0 Å². The van der Waals surface area contributed by atoms with Crippen LogP contribution in [0.1, 0.15) is 22.3 Å². The predicted octanol–water partition coefficient (Wildman–Crippen LogP) is 4.14. The third kappa shape index (κ3) is 1.77. The second-order valence-electron chi connectivity index (χ2n) is 4.27. The van der Waals surface area contributed by atoms with Crippen molar-refractivity contribution in [2.24, 2.45) is 0 Å². The number of fused-ring (bicyclic) bond motifs is 1. The molecule has 0 fully saturated rings. The fourth-order valence-corrected chi connectivity index (χ4v) is 2.54. The van der Waals surface area contributed by atoms with E-state index in [0.29, 0.717) is 6.42 Å². The van der Waals surface area contributed by atoms with Crippen LogP contribution >= 0.6 is 11.6 Å². The summed E-state index contributed by atoms with van der Waals surface area (Å²) in [6, 6.07) is 13.7. The molecule has 0 spiro atoms. The summed E-state index contributed by atoms with van der Waals surface area (Å²) in [4.78, 5) is 11.7. The average Bonchev–Trinajstić information content (AvgIpc) is 2.71. The first-order valence-electron chi connectivity index (χ1n) is 5.67. The van der Waals surface area contributed by atoms with Gasteiger partial charge >= 0.3 is 0 Å².